The molecular weight excluding hydrogens is 367 g/mol. The van der Waals surface area contributed by atoms with Gasteiger partial charge < -0.3 is 9.72 Å². The number of ether oxygens (including phenoxy) is 1. The Morgan fingerprint density at radius 3 is 2.86 bits per heavy atom. The molecular formula is C23H23FN4O. The van der Waals surface area contributed by atoms with Gasteiger partial charge >= 0.3 is 0 Å². The molecule has 0 saturated heterocycles. The molecule has 1 N–H and O–H groups in total. The van der Waals surface area contributed by atoms with Crippen LogP contribution in [0.2, 0.25) is 0 Å². The summed E-state index contributed by atoms with van der Waals surface area (Å²) in [6, 6.07) is 13.3. The number of nitrogens with zero attached hydrogens (tertiary/aromatic N) is 3. The van der Waals surface area contributed by atoms with Crippen LogP contribution in [0.5, 0.6) is 5.75 Å². The normalized spacial score (nSPS) is 16.9. The van der Waals surface area contributed by atoms with Crippen molar-refractivity contribution in [2.45, 2.75) is 19.0 Å². The molecule has 29 heavy (non-hydrogen) atoms. The lowest BCUT2D eigenvalue weighted by Gasteiger charge is -2.36. The lowest BCUT2D eigenvalue weighted by atomic mass is 9.91. The van der Waals surface area contributed by atoms with Crippen molar-refractivity contribution in [3.8, 4) is 5.75 Å². The monoisotopic (exact) mass is 390 g/mol. The van der Waals surface area contributed by atoms with Crippen LogP contribution in [0.1, 0.15) is 28.4 Å². The van der Waals surface area contributed by atoms with E-state index in [0.29, 0.717) is 17.9 Å². The number of para-hydroxylation sites is 1. The van der Waals surface area contributed by atoms with Gasteiger partial charge in [0.2, 0.25) is 0 Å². The molecule has 2 aromatic heterocycles. The highest BCUT2D eigenvalue weighted by atomic mass is 19.1. The number of rotatable bonds is 4. The third kappa shape index (κ3) is 3.09. The van der Waals surface area contributed by atoms with Crippen LogP contribution in [-0.2, 0) is 20.0 Å². The second-order valence-electron chi connectivity index (χ2n) is 7.60. The first kappa shape index (κ1) is 17.9. The fraction of sp³-hybridized carbons (Fsp3) is 0.261. The summed E-state index contributed by atoms with van der Waals surface area (Å²) >= 11 is 0. The SMILES string of the molecule is COc1ccc([C@H]2c3[nH]c4ccccc4c3CCN2Cc2cnn(C)c2)c(F)c1. The third-order valence-corrected chi connectivity index (χ3v) is 5.78. The second-order valence-corrected chi connectivity index (χ2v) is 7.60. The average molecular weight is 390 g/mol. The largest absolute Gasteiger partial charge is 0.497 e. The molecule has 0 radical (unpaired) electrons. The minimum Gasteiger partial charge on any atom is -0.497 e. The Morgan fingerprint density at radius 1 is 1.24 bits per heavy atom. The molecule has 0 amide bonds. The van der Waals surface area contributed by atoms with Gasteiger partial charge in [0.25, 0.3) is 0 Å². The molecule has 5 rings (SSSR count). The van der Waals surface area contributed by atoms with E-state index in [0.717, 1.165) is 29.7 Å². The zero-order valence-corrected chi connectivity index (χ0v) is 16.5. The van der Waals surface area contributed by atoms with Crippen molar-refractivity contribution in [3.05, 3.63) is 83.1 Å². The lowest BCUT2D eigenvalue weighted by molar-refractivity contribution is 0.198. The number of halogens is 1. The van der Waals surface area contributed by atoms with E-state index in [9.17, 15) is 0 Å². The number of methoxy groups -OCH3 is 1. The third-order valence-electron chi connectivity index (χ3n) is 5.78. The van der Waals surface area contributed by atoms with Crippen molar-refractivity contribution >= 4 is 10.9 Å². The predicted molar refractivity (Wildman–Crippen MR) is 110 cm³/mol. The molecule has 0 unspecified atom stereocenters. The summed E-state index contributed by atoms with van der Waals surface area (Å²) < 4.78 is 22.2. The van der Waals surface area contributed by atoms with Gasteiger partial charge in [-0.1, -0.05) is 24.3 Å². The number of fused-ring (bicyclic) bond motifs is 3. The minimum absolute atomic E-state index is 0.197. The van der Waals surface area contributed by atoms with E-state index in [1.165, 1.54) is 17.0 Å². The van der Waals surface area contributed by atoms with E-state index >= 15 is 4.39 Å². The van der Waals surface area contributed by atoms with Gasteiger partial charge in [-0.2, -0.15) is 5.10 Å². The topological polar surface area (TPSA) is 46.1 Å². The number of benzene rings is 2. The van der Waals surface area contributed by atoms with Crippen molar-refractivity contribution in [1.29, 1.82) is 0 Å². The quantitative estimate of drug-likeness (QED) is 0.568. The van der Waals surface area contributed by atoms with Gasteiger partial charge in [0.1, 0.15) is 11.6 Å². The Labute approximate surface area is 168 Å². The Kier molecular flexibility index (Phi) is 4.36. The van der Waals surface area contributed by atoms with Gasteiger partial charge in [0, 0.05) is 60.1 Å². The van der Waals surface area contributed by atoms with Gasteiger partial charge in [0.15, 0.2) is 0 Å². The van der Waals surface area contributed by atoms with Gasteiger partial charge in [-0.05, 0) is 24.1 Å². The summed E-state index contributed by atoms with van der Waals surface area (Å²) in [5.41, 5.74) is 5.22. The molecule has 0 aliphatic carbocycles. The average Bonchev–Trinajstić information content (AvgIpc) is 3.31. The maximum absolute atomic E-state index is 15.2. The molecule has 3 heterocycles. The molecule has 1 atom stereocenters. The van der Waals surface area contributed by atoms with Crippen molar-refractivity contribution in [2.75, 3.05) is 13.7 Å². The Balaban J connectivity index is 1.64. The van der Waals surface area contributed by atoms with E-state index in [1.54, 1.807) is 11.8 Å². The molecule has 148 valence electrons. The Morgan fingerprint density at radius 2 is 2.10 bits per heavy atom. The fourth-order valence-corrected chi connectivity index (χ4v) is 4.46. The standard InChI is InChI=1S/C23H23FN4O/c1-27-13-15(12-25-27)14-28-10-9-18-17-5-3-4-6-21(17)26-22(18)23(28)19-8-7-16(29-2)11-20(19)24/h3-8,11-13,23,26H,9-10,14H2,1-2H3/t23-/m0/s1. The number of H-pyrrole nitrogens is 1. The van der Waals surface area contributed by atoms with Crippen molar-refractivity contribution in [2.24, 2.45) is 7.05 Å². The molecule has 0 fully saturated rings. The van der Waals surface area contributed by atoms with Crippen molar-refractivity contribution in [3.63, 3.8) is 0 Å². The van der Waals surface area contributed by atoms with E-state index in [1.807, 2.05) is 37.6 Å². The van der Waals surface area contributed by atoms with E-state index in [-0.39, 0.29) is 11.9 Å². The van der Waals surface area contributed by atoms with Crippen LogP contribution in [0, 0.1) is 5.82 Å². The van der Waals surface area contributed by atoms with Crippen LogP contribution in [0.15, 0.2) is 54.9 Å². The lowest BCUT2D eigenvalue weighted by Crippen LogP contribution is -2.36. The summed E-state index contributed by atoms with van der Waals surface area (Å²) in [5, 5.41) is 5.52. The van der Waals surface area contributed by atoms with E-state index < -0.39 is 0 Å². The summed E-state index contributed by atoms with van der Waals surface area (Å²) in [7, 11) is 3.47. The zero-order valence-electron chi connectivity index (χ0n) is 16.5. The highest BCUT2D eigenvalue weighted by molar-refractivity contribution is 5.85. The van der Waals surface area contributed by atoms with Crippen LogP contribution in [0.3, 0.4) is 0 Å². The Bertz CT molecular complexity index is 1180. The van der Waals surface area contributed by atoms with Crippen LogP contribution in [0.4, 0.5) is 4.39 Å². The fourth-order valence-electron chi connectivity index (χ4n) is 4.46. The molecule has 2 aromatic carbocycles. The van der Waals surface area contributed by atoms with Gasteiger partial charge in [-0.15, -0.1) is 0 Å². The molecule has 6 heteroatoms. The molecule has 0 spiro atoms. The van der Waals surface area contributed by atoms with Crippen LogP contribution in [0.25, 0.3) is 10.9 Å². The van der Waals surface area contributed by atoms with Crippen LogP contribution >= 0.6 is 0 Å². The zero-order chi connectivity index (χ0) is 20.0. The maximum atomic E-state index is 15.2. The highest BCUT2D eigenvalue weighted by Gasteiger charge is 2.33. The van der Waals surface area contributed by atoms with Gasteiger partial charge in [-0.25, -0.2) is 4.39 Å². The highest BCUT2D eigenvalue weighted by Crippen LogP contribution is 2.40. The first-order valence-corrected chi connectivity index (χ1v) is 9.78. The van der Waals surface area contributed by atoms with E-state index in [4.69, 9.17) is 4.74 Å². The number of aryl methyl sites for hydroxylation is 1. The number of hydrogen-bond donors (Lipinski definition) is 1. The smallest absolute Gasteiger partial charge is 0.132 e. The number of aromatic nitrogens is 3. The second kappa shape index (κ2) is 7.04. The van der Waals surface area contributed by atoms with E-state index in [2.05, 4.69) is 33.2 Å². The van der Waals surface area contributed by atoms with Crippen molar-refractivity contribution < 1.29 is 9.13 Å². The van der Waals surface area contributed by atoms with Gasteiger partial charge in [0.05, 0.1) is 19.3 Å². The first-order valence-electron chi connectivity index (χ1n) is 9.78. The van der Waals surface area contributed by atoms with Crippen LogP contribution < -0.4 is 4.74 Å². The number of nitrogens with one attached hydrogen (secondary N) is 1. The predicted octanol–water partition coefficient (Wildman–Crippen LogP) is 4.20. The molecule has 1 aliphatic heterocycles. The Hall–Kier alpha value is -3.12. The molecule has 0 bridgehead atoms. The molecule has 0 saturated carbocycles. The summed E-state index contributed by atoms with van der Waals surface area (Å²) in [4.78, 5) is 5.90. The summed E-state index contributed by atoms with van der Waals surface area (Å²) in [5.74, 6) is 0.273. The molecule has 5 nitrogen and oxygen atoms in total. The minimum atomic E-state index is -0.253. The summed E-state index contributed by atoms with van der Waals surface area (Å²) in [6.45, 7) is 1.55. The summed E-state index contributed by atoms with van der Waals surface area (Å²) in [6.07, 6.45) is 4.82. The van der Waals surface area contributed by atoms with Crippen LogP contribution in [-0.4, -0.2) is 33.3 Å². The number of aromatic amines is 1. The first-order chi connectivity index (χ1) is 14.1. The maximum Gasteiger partial charge on any atom is 0.132 e. The van der Waals surface area contributed by atoms with Crippen molar-refractivity contribution in [1.82, 2.24) is 19.7 Å². The molecule has 4 aromatic rings. The molecule has 1 aliphatic rings. The number of hydrogen-bond acceptors (Lipinski definition) is 3. The van der Waals surface area contributed by atoms with Gasteiger partial charge in [-0.3, -0.25) is 9.58 Å².